The van der Waals surface area contributed by atoms with E-state index >= 15 is 0 Å². The summed E-state index contributed by atoms with van der Waals surface area (Å²) in [4.78, 5) is 11.0. The Morgan fingerprint density at radius 1 is 1.20 bits per heavy atom. The lowest BCUT2D eigenvalue weighted by Crippen LogP contribution is -2.42. The molecule has 25 heavy (non-hydrogen) atoms. The molecule has 0 amide bonds. The van der Waals surface area contributed by atoms with Gasteiger partial charge in [0.2, 0.25) is 0 Å². The largest absolute Gasteiger partial charge is 0.394 e. The number of anilines is 2. The summed E-state index contributed by atoms with van der Waals surface area (Å²) in [5, 5.41) is 14.0. The zero-order valence-electron chi connectivity index (χ0n) is 14.2. The van der Waals surface area contributed by atoms with Gasteiger partial charge in [0, 0.05) is 17.6 Å². The zero-order valence-corrected chi connectivity index (χ0v) is 14.9. The smallest absolute Gasteiger partial charge is 0.134 e. The Morgan fingerprint density at radius 2 is 2.12 bits per heavy atom. The molecule has 1 aliphatic carbocycles. The van der Waals surface area contributed by atoms with Crippen molar-refractivity contribution in [1.82, 2.24) is 9.97 Å². The van der Waals surface area contributed by atoms with Gasteiger partial charge >= 0.3 is 0 Å². The van der Waals surface area contributed by atoms with Crippen molar-refractivity contribution in [2.45, 2.75) is 44.2 Å². The molecule has 6 heteroatoms. The van der Waals surface area contributed by atoms with Gasteiger partial charge in [-0.25, -0.2) is 9.97 Å². The van der Waals surface area contributed by atoms with Gasteiger partial charge in [-0.1, -0.05) is 17.7 Å². The van der Waals surface area contributed by atoms with Crippen LogP contribution in [0.25, 0.3) is 0 Å². The minimum atomic E-state index is 0.158. The van der Waals surface area contributed by atoms with Crippen molar-refractivity contribution in [3.63, 3.8) is 0 Å². The van der Waals surface area contributed by atoms with E-state index in [0.29, 0.717) is 0 Å². The molecular weight excluding hydrogens is 336 g/mol. The van der Waals surface area contributed by atoms with Crippen LogP contribution < -0.4 is 10.2 Å². The number of rotatable bonds is 4. The van der Waals surface area contributed by atoms with Crippen LogP contribution in [0.1, 0.15) is 42.9 Å². The second-order valence-electron chi connectivity index (χ2n) is 6.87. The number of aromatic nitrogens is 2. The highest BCUT2D eigenvalue weighted by Crippen LogP contribution is 2.35. The number of fused-ring (bicyclic) bond motifs is 1. The van der Waals surface area contributed by atoms with E-state index in [9.17, 15) is 5.11 Å². The van der Waals surface area contributed by atoms with Gasteiger partial charge in [-0.15, -0.1) is 0 Å². The van der Waals surface area contributed by atoms with Gasteiger partial charge in [0.05, 0.1) is 18.7 Å². The summed E-state index contributed by atoms with van der Waals surface area (Å²) in [7, 11) is 0. The Hall–Kier alpha value is -1.85. The van der Waals surface area contributed by atoms with Gasteiger partial charge in [-0.3, -0.25) is 0 Å². The third-order valence-electron chi connectivity index (χ3n) is 5.29. The normalized spacial score (nSPS) is 22.7. The number of hydrogen-bond acceptors (Lipinski definition) is 5. The molecule has 0 radical (unpaired) electrons. The van der Waals surface area contributed by atoms with Gasteiger partial charge in [-0.2, -0.15) is 0 Å². The Labute approximate surface area is 153 Å². The van der Waals surface area contributed by atoms with Crippen molar-refractivity contribution in [1.29, 1.82) is 0 Å². The second kappa shape index (κ2) is 7.18. The van der Waals surface area contributed by atoms with E-state index in [4.69, 9.17) is 11.6 Å². The predicted molar refractivity (Wildman–Crippen MR) is 100 cm³/mol. The van der Waals surface area contributed by atoms with Crippen molar-refractivity contribution >= 4 is 23.2 Å². The summed E-state index contributed by atoms with van der Waals surface area (Å²) in [6.07, 6.45) is 7.00. The summed E-state index contributed by atoms with van der Waals surface area (Å²) >= 11 is 6.10. The summed E-state index contributed by atoms with van der Waals surface area (Å²) in [6.45, 7) is 1.11. The molecule has 0 saturated carbocycles. The van der Waals surface area contributed by atoms with Crippen LogP contribution in [0.15, 0.2) is 30.6 Å². The van der Waals surface area contributed by atoms with Crippen LogP contribution >= 0.6 is 11.6 Å². The number of piperidine rings is 1. The number of aliphatic hydroxyl groups excluding tert-OH is 1. The molecule has 1 fully saturated rings. The van der Waals surface area contributed by atoms with E-state index in [2.05, 4.69) is 32.3 Å². The number of aryl methyl sites for hydroxylation is 1. The monoisotopic (exact) mass is 358 g/mol. The highest BCUT2D eigenvalue weighted by atomic mass is 35.5. The Morgan fingerprint density at radius 3 is 3.00 bits per heavy atom. The van der Waals surface area contributed by atoms with Crippen LogP contribution in [-0.4, -0.2) is 34.3 Å². The van der Waals surface area contributed by atoms with Gasteiger partial charge in [0.1, 0.15) is 18.0 Å². The fourth-order valence-electron chi connectivity index (χ4n) is 3.99. The fourth-order valence-corrected chi connectivity index (χ4v) is 4.18. The summed E-state index contributed by atoms with van der Waals surface area (Å²) in [6, 6.07) is 8.53. The maximum atomic E-state index is 9.64. The van der Waals surface area contributed by atoms with Crippen molar-refractivity contribution in [3.05, 3.63) is 46.7 Å². The number of aliphatic hydroxyl groups is 1. The first-order valence-electron chi connectivity index (χ1n) is 8.99. The van der Waals surface area contributed by atoms with Crippen molar-refractivity contribution in [2.75, 3.05) is 23.4 Å². The number of benzene rings is 1. The standard InChI is InChI=1S/C19H23ClN4O/c20-14-5-6-16-13(9-14)4-7-17(16)23-18-10-19(22-12-21-18)24-8-2-1-3-15(24)11-25/h5-6,9-10,12,15,17,25H,1-4,7-8,11H2,(H,21,22,23). The highest BCUT2D eigenvalue weighted by molar-refractivity contribution is 6.30. The Balaban J connectivity index is 1.53. The molecule has 1 saturated heterocycles. The number of halogens is 1. The first-order chi connectivity index (χ1) is 12.2. The first kappa shape index (κ1) is 16.6. The lowest BCUT2D eigenvalue weighted by molar-refractivity contribution is 0.239. The lowest BCUT2D eigenvalue weighted by atomic mass is 10.0. The first-order valence-corrected chi connectivity index (χ1v) is 9.37. The fraction of sp³-hybridized carbons (Fsp3) is 0.474. The molecule has 2 heterocycles. The van der Waals surface area contributed by atoms with Crippen LogP contribution in [0.3, 0.4) is 0 Å². The van der Waals surface area contributed by atoms with E-state index in [1.807, 2.05) is 12.1 Å². The molecule has 132 valence electrons. The molecule has 2 aromatic rings. The van der Waals surface area contributed by atoms with Gasteiger partial charge in [0.15, 0.2) is 0 Å². The third-order valence-corrected chi connectivity index (χ3v) is 5.52. The SMILES string of the molecule is OCC1CCCCN1c1cc(NC2CCc3cc(Cl)ccc32)ncn1. The van der Waals surface area contributed by atoms with Crippen LogP contribution in [0, 0.1) is 0 Å². The second-order valence-corrected chi connectivity index (χ2v) is 7.30. The summed E-state index contributed by atoms with van der Waals surface area (Å²) < 4.78 is 0. The van der Waals surface area contributed by atoms with E-state index in [-0.39, 0.29) is 18.7 Å². The molecule has 2 aliphatic rings. The lowest BCUT2D eigenvalue weighted by Gasteiger charge is -2.35. The van der Waals surface area contributed by atoms with E-state index in [0.717, 1.165) is 48.9 Å². The minimum absolute atomic E-state index is 0.158. The van der Waals surface area contributed by atoms with Gasteiger partial charge < -0.3 is 15.3 Å². The van der Waals surface area contributed by atoms with Crippen molar-refractivity contribution in [3.8, 4) is 0 Å². The Kier molecular flexibility index (Phi) is 4.77. The number of nitrogens with zero attached hydrogens (tertiary/aromatic N) is 3. The van der Waals surface area contributed by atoms with Gasteiger partial charge in [-0.05, 0) is 55.4 Å². The van der Waals surface area contributed by atoms with Crippen molar-refractivity contribution in [2.24, 2.45) is 0 Å². The average molecular weight is 359 g/mol. The topological polar surface area (TPSA) is 61.3 Å². The quantitative estimate of drug-likeness (QED) is 0.874. The van der Waals surface area contributed by atoms with E-state index in [1.165, 1.54) is 17.5 Å². The van der Waals surface area contributed by atoms with Crippen LogP contribution in [-0.2, 0) is 6.42 Å². The van der Waals surface area contributed by atoms with E-state index < -0.39 is 0 Å². The van der Waals surface area contributed by atoms with Crippen LogP contribution in [0.5, 0.6) is 0 Å². The maximum absolute atomic E-state index is 9.64. The molecule has 2 unspecified atom stereocenters. The van der Waals surface area contributed by atoms with Crippen molar-refractivity contribution < 1.29 is 5.11 Å². The van der Waals surface area contributed by atoms with Gasteiger partial charge in [0.25, 0.3) is 0 Å². The van der Waals surface area contributed by atoms with E-state index in [1.54, 1.807) is 6.33 Å². The summed E-state index contributed by atoms with van der Waals surface area (Å²) in [5.74, 6) is 1.73. The molecule has 1 aliphatic heterocycles. The predicted octanol–water partition coefficient (Wildman–Crippen LogP) is 3.58. The molecule has 0 bridgehead atoms. The molecule has 2 N–H and O–H groups in total. The molecule has 0 spiro atoms. The zero-order chi connectivity index (χ0) is 17.2. The third kappa shape index (κ3) is 3.44. The molecule has 4 rings (SSSR count). The molecule has 5 nitrogen and oxygen atoms in total. The van der Waals surface area contributed by atoms with Crippen LogP contribution in [0.2, 0.25) is 5.02 Å². The molecule has 2 atom stereocenters. The number of nitrogens with one attached hydrogen (secondary N) is 1. The van der Waals surface area contributed by atoms with Crippen LogP contribution in [0.4, 0.5) is 11.6 Å². The minimum Gasteiger partial charge on any atom is -0.394 e. The molecule has 1 aromatic carbocycles. The average Bonchev–Trinajstić information content (AvgIpc) is 3.03. The summed E-state index contributed by atoms with van der Waals surface area (Å²) in [5.41, 5.74) is 2.62. The highest BCUT2D eigenvalue weighted by Gasteiger charge is 2.25. The molecular formula is C19H23ClN4O. The number of hydrogen-bond donors (Lipinski definition) is 2. The molecule has 1 aromatic heterocycles. The maximum Gasteiger partial charge on any atom is 0.134 e. The Bertz CT molecular complexity index is 754.